The molecule has 1 saturated heterocycles. The minimum absolute atomic E-state index is 0.0583. The van der Waals surface area contributed by atoms with Crippen LogP contribution in [0.5, 0.6) is 0 Å². The molecule has 1 heterocycles. The van der Waals surface area contributed by atoms with Crippen molar-refractivity contribution < 1.29 is 23.8 Å². The molecular formula is C14H24O5. The molecule has 0 bridgehead atoms. The van der Waals surface area contributed by atoms with E-state index < -0.39 is 0 Å². The van der Waals surface area contributed by atoms with Gasteiger partial charge in [0.05, 0.1) is 12.7 Å². The molecule has 1 fully saturated rings. The van der Waals surface area contributed by atoms with Gasteiger partial charge < -0.3 is 14.2 Å². The molecule has 0 aliphatic carbocycles. The molecule has 0 saturated carbocycles. The monoisotopic (exact) mass is 272 g/mol. The first kappa shape index (κ1) is 16.0. The molecule has 5 heteroatoms. The molecule has 1 rings (SSSR count). The Morgan fingerprint density at radius 2 is 1.89 bits per heavy atom. The van der Waals surface area contributed by atoms with E-state index in [0.29, 0.717) is 19.6 Å². The molecule has 1 aliphatic heterocycles. The summed E-state index contributed by atoms with van der Waals surface area (Å²) in [4.78, 5) is 22.7. The molecule has 0 spiro atoms. The maximum atomic E-state index is 11.4. The van der Waals surface area contributed by atoms with E-state index in [1.807, 2.05) is 6.92 Å². The largest absolute Gasteiger partial charge is 0.466 e. The molecule has 0 aromatic heterocycles. The molecule has 110 valence electrons. The normalized spacial score (nSPS) is 18.3. The molecule has 0 radical (unpaired) electrons. The van der Waals surface area contributed by atoms with Crippen LogP contribution in [-0.2, 0) is 23.8 Å². The van der Waals surface area contributed by atoms with Gasteiger partial charge >= 0.3 is 11.9 Å². The van der Waals surface area contributed by atoms with E-state index in [1.54, 1.807) is 0 Å². The maximum absolute atomic E-state index is 11.4. The second-order valence-electron chi connectivity index (χ2n) is 4.75. The fourth-order valence-electron chi connectivity index (χ4n) is 1.81. The van der Waals surface area contributed by atoms with Gasteiger partial charge in [-0.25, -0.2) is 0 Å². The Bertz CT molecular complexity index is 271. The summed E-state index contributed by atoms with van der Waals surface area (Å²) >= 11 is 0. The number of rotatable bonds is 9. The molecule has 5 nitrogen and oxygen atoms in total. The van der Waals surface area contributed by atoms with Gasteiger partial charge in [0.1, 0.15) is 6.61 Å². The topological polar surface area (TPSA) is 61.8 Å². The summed E-state index contributed by atoms with van der Waals surface area (Å²) in [6.07, 6.45) is 4.95. The average molecular weight is 272 g/mol. The first-order valence-corrected chi connectivity index (χ1v) is 7.15. The van der Waals surface area contributed by atoms with Crippen molar-refractivity contribution in [2.75, 3.05) is 19.8 Å². The summed E-state index contributed by atoms with van der Waals surface area (Å²) in [6, 6.07) is 0. The maximum Gasteiger partial charge on any atom is 0.305 e. The van der Waals surface area contributed by atoms with E-state index in [4.69, 9.17) is 14.2 Å². The lowest BCUT2D eigenvalue weighted by Gasteiger charge is -2.10. The first-order valence-electron chi connectivity index (χ1n) is 7.15. The van der Waals surface area contributed by atoms with Crippen LogP contribution < -0.4 is 0 Å². The van der Waals surface area contributed by atoms with Crippen LogP contribution in [0.15, 0.2) is 0 Å². The Hall–Kier alpha value is -1.10. The highest BCUT2D eigenvalue weighted by Gasteiger charge is 2.17. The van der Waals surface area contributed by atoms with Gasteiger partial charge in [-0.2, -0.15) is 0 Å². The fourth-order valence-corrected chi connectivity index (χ4v) is 1.81. The summed E-state index contributed by atoms with van der Waals surface area (Å²) in [5.41, 5.74) is 0. The highest BCUT2D eigenvalue weighted by molar-refractivity contribution is 5.72. The van der Waals surface area contributed by atoms with Crippen LogP contribution in [0.1, 0.15) is 51.9 Å². The zero-order valence-corrected chi connectivity index (χ0v) is 11.7. The Morgan fingerprint density at radius 3 is 2.53 bits per heavy atom. The number of ether oxygens (including phenoxy) is 3. The minimum atomic E-state index is -0.267. The standard InChI is InChI=1S/C14H24O5/c1-2-3-9-18-13(15)7-4-8-14(16)19-11-12-6-5-10-17-12/h12H,2-11H2,1H3. The fraction of sp³-hybridized carbons (Fsp3) is 0.857. The van der Waals surface area contributed by atoms with Crippen LogP contribution in [-0.4, -0.2) is 37.9 Å². The third-order valence-corrected chi connectivity index (χ3v) is 2.98. The molecule has 1 atom stereocenters. The van der Waals surface area contributed by atoms with Crippen LogP contribution in [0, 0.1) is 0 Å². The highest BCUT2D eigenvalue weighted by Crippen LogP contribution is 2.12. The number of hydrogen-bond donors (Lipinski definition) is 0. The quantitative estimate of drug-likeness (QED) is 0.476. The number of hydrogen-bond acceptors (Lipinski definition) is 5. The van der Waals surface area contributed by atoms with Gasteiger partial charge in [-0.15, -0.1) is 0 Å². The van der Waals surface area contributed by atoms with Crippen LogP contribution in [0.25, 0.3) is 0 Å². The molecule has 0 aromatic rings. The Balaban J connectivity index is 1.95. The molecule has 0 aromatic carbocycles. The van der Waals surface area contributed by atoms with Gasteiger partial charge in [-0.3, -0.25) is 9.59 Å². The summed E-state index contributed by atoms with van der Waals surface area (Å²) < 4.78 is 15.4. The number of unbranched alkanes of at least 4 members (excludes halogenated alkanes) is 1. The Morgan fingerprint density at radius 1 is 1.16 bits per heavy atom. The van der Waals surface area contributed by atoms with Crippen molar-refractivity contribution in [3.05, 3.63) is 0 Å². The minimum Gasteiger partial charge on any atom is -0.466 e. The lowest BCUT2D eigenvalue weighted by molar-refractivity contribution is -0.147. The molecule has 19 heavy (non-hydrogen) atoms. The van der Waals surface area contributed by atoms with Crippen molar-refractivity contribution in [3.63, 3.8) is 0 Å². The smallest absolute Gasteiger partial charge is 0.305 e. The van der Waals surface area contributed by atoms with Gasteiger partial charge in [-0.05, 0) is 25.7 Å². The van der Waals surface area contributed by atoms with Crippen LogP contribution >= 0.6 is 0 Å². The van der Waals surface area contributed by atoms with Crippen molar-refractivity contribution in [1.82, 2.24) is 0 Å². The molecule has 1 aliphatic rings. The molecule has 0 amide bonds. The van der Waals surface area contributed by atoms with E-state index in [-0.39, 0.29) is 30.9 Å². The summed E-state index contributed by atoms with van der Waals surface area (Å²) in [5.74, 6) is -0.503. The predicted octanol–water partition coefficient (Wildman–Crippen LogP) is 2.22. The zero-order valence-electron chi connectivity index (χ0n) is 11.7. The van der Waals surface area contributed by atoms with Crippen molar-refractivity contribution >= 4 is 11.9 Å². The number of esters is 2. The highest BCUT2D eigenvalue weighted by atomic mass is 16.6. The summed E-state index contributed by atoms with van der Waals surface area (Å²) in [7, 11) is 0. The molecule has 1 unspecified atom stereocenters. The predicted molar refractivity (Wildman–Crippen MR) is 69.7 cm³/mol. The van der Waals surface area contributed by atoms with Crippen molar-refractivity contribution in [2.24, 2.45) is 0 Å². The Kier molecular flexibility index (Phi) is 8.21. The van der Waals surface area contributed by atoms with Gasteiger partial charge in [0, 0.05) is 19.4 Å². The summed E-state index contributed by atoms with van der Waals surface area (Å²) in [6.45, 7) is 3.60. The second kappa shape index (κ2) is 9.78. The lowest BCUT2D eigenvalue weighted by atomic mass is 10.2. The van der Waals surface area contributed by atoms with Gasteiger partial charge in [0.15, 0.2) is 0 Å². The van der Waals surface area contributed by atoms with Crippen LogP contribution in [0.4, 0.5) is 0 Å². The van der Waals surface area contributed by atoms with Gasteiger partial charge in [-0.1, -0.05) is 13.3 Å². The SMILES string of the molecule is CCCCOC(=O)CCCC(=O)OCC1CCCO1. The van der Waals surface area contributed by atoms with E-state index in [1.165, 1.54) is 0 Å². The molecule has 0 N–H and O–H groups in total. The average Bonchev–Trinajstić information content (AvgIpc) is 2.90. The van der Waals surface area contributed by atoms with Crippen molar-refractivity contribution in [2.45, 2.75) is 58.0 Å². The third kappa shape index (κ3) is 7.82. The van der Waals surface area contributed by atoms with Gasteiger partial charge in [0.2, 0.25) is 0 Å². The van der Waals surface area contributed by atoms with E-state index in [2.05, 4.69) is 0 Å². The zero-order chi connectivity index (χ0) is 13.9. The van der Waals surface area contributed by atoms with Crippen molar-refractivity contribution in [1.29, 1.82) is 0 Å². The number of carbonyl (C=O) groups excluding carboxylic acids is 2. The Labute approximate surface area is 114 Å². The van der Waals surface area contributed by atoms with Crippen LogP contribution in [0.2, 0.25) is 0 Å². The third-order valence-electron chi connectivity index (χ3n) is 2.98. The second-order valence-corrected chi connectivity index (χ2v) is 4.75. The lowest BCUT2D eigenvalue weighted by Crippen LogP contribution is -2.17. The van der Waals surface area contributed by atoms with Crippen LogP contribution in [0.3, 0.4) is 0 Å². The van der Waals surface area contributed by atoms with Crippen molar-refractivity contribution in [3.8, 4) is 0 Å². The summed E-state index contributed by atoms with van der Waals surface area (Å²) in [5, 5.41) is 0. The molecular weight excluding hydrogens is 248 g/mol. The van der Waals surface area contributed by atoms with E-state index in [9.17, 15) is 9.59 Å². The van der Waals surface area contributed by atoms with E-state index in [0.717, 1.165) is 32.3 Å². The van der Waals surface area contributed by atoms with Gasteiger partial charge in [0.25, 0.3) is 0 Å². The number of carbonyl (C=O) groups is 2. The first-order chi connectivity index (χ1) is 9.22. The van der Waals surface area contributed by atoms with E-state index >= 15 is 0 Å².